The smallest absolute Gasteiger partial charge is 0.290 e. The van der Waals surface area contributed by atoms with Crippen LogP contribution in [-0.2, 0) is 6.54 Å². The van der Waals surface area contributed by atoms with Gasteiger partial charge in [-0.15, -0.1) is 0 Å². The molecule has 0 fully saturated rings. The highest BCUT2D eigenvalue weighted by molar-refractivity contribution is 5.92. The largest absolute Gasteiger partial charge is 0.350 e. The molecule has 0 aliphatic carbocycles. The standard InChI is InChI=1S/C13H11N5O2/c19-13(14-7-12-15-8-16-17-12)11-6-10(18-20-11)9-4-2-1-3-5-9/h1-6,8H,7H2,(H,14,19)(H,15,16,17). The van der Waals surface area contributed by atoms with Crippen LogP contribution >= 0.6 is 0 Å². The lowest BCUT2D eigenvalue weighted by Crippen LogP contribution is -2.22. The number of nitrogens with zero attached hydrogens (tertiary/aromatic N) is 3. The van der Waals surface area contributed by atoms with E-state index in [-0.39, 0.29) is 18.2 Å². The van der Waals surface area contributed by atoms with E-state index >= 15 is 0 Å². The molecule has 3 aromatic rings. The molecule has 7 nitrogen and oxygen atoms in total. The van der Waals surface area contributed by atoms with Crippen LogP contribution in [0.2, 0.25) is 0 Å². The second-order valence-electron chi connectivity index (χ2n) is 4.06. The van der Waals surface area contributed by atoms with Crippen LogP contribution in [0.25, 0.3) is 11.3 Å². The van der Waals surface area contributed by atoms with Gasteiger partial charge in [-0.1, -0.05) is 35.5 Å². The molecular weight excluding hydrogens is 258 g/mol. The zero-order valence-electron chi connectivity index (χ0n) is 10.4. The topological polar surface area (TPSA) is 96.7 Å². The van der Waals surface area contributed by atoms with Crippen LogP contribution in [0.4, 0.5) is 0 Å². The first-order valence-electron chi connectivity index (χ1n) is 5.97. The van der Waals surface area contributed by atoms with Gasteiger partial charge in [0.05, 0.1) is 6.54 Å². The highest BCUT2D eigenvalue weighted by atomic mass is 16.5. The molecule has 0 saturated heterocycles. The van der Waals surface area contributed by atoms with Crippen molar-refractivity contribution >= 4 is 5.91 Å². The van der Waals surface area contributed by atoms with E-state index in [0.29, 0.717) is 11.5 Å². The molecule has 100 valence electrons. The van der Waals surface area contributed by atoms with Crippen LogP contribution in [0.15, 0.2) is 47.2 Å². The Bertz CT molecular complexity index is 691. The Labute approximate surface area is 114 Å². The van der Waals surface area contributed by atoms with Gasteiger partial charge in [0.2, 0.25) is 5.76 Å². The fraction of sp³-hybridized carbons (Fsp3) is 0.0769. The van der Waals surface area contributed by atoms with Gasteiger partial charge in [-0.3, -0.25) is 9.89 Å². The summed E-state index contributed by atoms with van der Waals surface area (Å²) in [5, 5.41) is 12.9. The van der Waals surface area contributed by atoms with Crippen LogP contribution in [0.3, 0.4) is 0 Å². The maximum atomic E-state index is 11.9. The fourth-order valence-corrected chi connectivity index (χ4v) is 1.69. The molecule has 0 unspecified atom stereocenters. The SMILES string of the molecule is O=C(NCc1ncn[nH]1)c1cc(-c2ccccc2)no1. The molecule has 0 atom stereocenters. The maximum absolute atomic E-state index is 11.9. The van der Waals surface area contributed by atoms with Crippen molar-refractivity contribution in [3.05, 3.63) is 54.3 Å². The van der Waals surface area contributed by atoms with Crippen molar-refractivity contribution in [3.63, 3.8) is 0 Å². The average Bonchev–Trinajstić information content (AvgIpc) is 3.17. The monoisotopic (exact) mass is 269 g/mol. The molecule has 0 radical (unpaired) electrons. The van der Waals surface area contributed by atoms with E-state index in [9.17, 15) is 4.79 Å². The Kier molecular flexibility index (Phi) is 3.24. The Morgan fingerprint density at radius 1 is 1.30 bits per heavy atom. The second kappa shape index (κ2) is 5.35. The lowest BCUT2D eigenvalue weighted by atomic mass is 10.1. The number of hydrogen-bond acceptors (Lipinski definition) is 5. The molecule has 0 bridgehead atoms. The molecule has 0 spiro atoms. The van der Waals surface area contributed by atoms with Crippen LogP contribution in [0, 0.1) is 0 Å². The summed E-state index contributed by atoms with van der Waals surface area (Å²) in [4.78, 5) is 15.8. The summed E-state index contributed by atoms with van der Waals surface area (Å²) in [5.41, 5.74) is 1.51. The molecule has 20 heavy (non-hydrogen) atoms. The number of nitrogens with one attached hydrogen (secondary N) is 2. The van der Waals surface area contributed by atoms with Crippen LogP contribution in [0.5, 0.6) is 0 Å². The number of hydrogen-bond donors (Lipinski definition) is 2. The molecule has 2 heterocycles. The second-order valence-corrected chi connectivity index (χ2v) is 4.06. The third kappa shape index (κ3) is 2.56. The first-order chi connectivity index (χ1) is 9.83. The van der Waals surface area contributed by atoms with Crippen molar-refractivity contribution < 1.29 is 9.32 Å². The van der Waals surface area contributed by atoms with E-state index in [2.05, 4.69) is 25.7 Å². The van der Waals surface area contributed by atoms with E-state index in [1.54, 1.807) is 6.07 Å². The van der Waals surface area contributed by atoms with Crippen molar-refractivity contribution in [1.82, 2.24) is 25.7 Å². The average molecular weight is 269 g/mol. The Morgan fingerprint density at radius 3 is 2.90 bits per heavy atom. The third-order valence-electron chi connectivity index (χ3n) is 2.68. The number of H-pyrrole nitrogens is 1. The summed E-state index contributed by atoms with van der Waals surface area (Å²) in [5.74, 6) is 0.376. The number of aromatic nitrogens is 4. The number of rotatable bonds is 4. The number of aromatic amines is 1. The Balaban J connectivity index is 1.69. The van der Waals surface area contributed by atoms with Gasteiger partial charge >= 0.3 is 0 Å². The van der Waals surface area contributed by atoms with E-state index in [1.165, 1.54) is 6.33 Å². The molecule has 1 amide bonds. The predicted molar refractivity (Wildman–Crippen MR) is 69.5 cm³/mol. The Hall–Kier alpha value is -2.96. The minimum atomic E-state index is -0.351. The lowest BCUT2D eigenvalue weighted by Gasteiger charge is -1.98. The zero-order valence-corrected chi connectivity index (χ0v) is 10.4. The van der Waals surface area contributed by atoms with E-state index < -0.39 is 0 Å². The van der Waals surface area contributed by atoms with Gasteiger partial charge < -0.3 is 9.84 Å². The quantitative estimate of drug-likeness (QED) is 0.746. The molecule has 1 aromatic carbocycles. The molecule has 0 aliphatic rings. The summed E-state index contributed by atoms with van der Waals surface area (Å²) < 4.78 is 5.04. The van der Waals surface area contributed by atoms with Crippen molar-refractivity contribution in [2.24, 2.45) is 0 Å². The van der Waals surface area contributed by atoms with Gasteiger partial charge in [-0.2, -0.15) is 5.10 Å². The summed E-state index contributed by atoms with van der Waals surface area (Å²) >= 11 is 0. The van der Waals surface area contributed by atoms with Gasteiger partial charge in [-0.25, -0.2) is 4.98 Å². The van der Waals surface area contributed by atoms with Crippen molar-refractivity contribution in [3.8, 4) is 11.3 Å². The van der Waals surface area contributed by atoms with E-state index in [0.717, 1.165) is 5.56 Å². The highest BCUT2D eigenvalue weighted by Gasteiger charge is 2.13. The summed E-state index contributed by atoms with van der Waals surface area (Å²) in [7, 11) is 0. The molecule has 2 aromatic heterocycles. The van der Waals surface area contributed by atoms with Crippen LogP contribution < -0.4 is 5.32 Å². The lowest BCUT2D eigenvalue weighted by molar-refractivity contribution is 0.0913. The van der Waals surface area contributed by atoms with E-state index in [1.807, 2.05) is 30.3 Å². The van der Waals surface area contributed by atoms with Crippen molar-refractivity contribution in [1.29, 1.82) is 0 Å². The number of amides is 1. The van der Waals surface area contributed by atoms with Gasteiger partial charge in [0, 0.05) is 11.6 Å². The minimum Gasteiger partial charge on any atom is -0.350 e. The van der Waals surface area contributed by atoms with Gasteiger partial charge in [-0.05, 0) is 0 Å². The van der Waals surface area contributed by atoms with Gasteiger partial charge in [0.25, 0.3) is 5.91 Å². The molecule has 0 saturated carbocycles. The van der Waals surface area contributed by atoms with Crippen molar-refractivity contribution in [2.75, 3.05) is 0 Å². The fourth-order valence-electron chi connectivity index (χ4n) is 1.69. The molecule has 3 rings (SSSR count). The number of carbonyl (C=O) groups excluding carboxylic acids is 1. The third-order valence-corrected chi connectivity index (χ3v) is 2.68. The first kappa shape index (κ1) is 12.1. The summed E-state index contributed by atoms with van der Waals surface area (Å²) in [6.07, 6.45) is 1.38. The zero-order chi connectivity index (χ0) is 13.8. The molecule has 7 heteroatoms. The minimum absolute atomic E-state index is 0.156. The predicted octanol–water partition coefficient (Wildman–Crippen LogP) is 1.39. The summed E-state index contributed by atoms with van der Waals surface area (Å²) in [6, 6.07) is 11.1. The molecule has 2 N–H and O–H groups in total. The van der Waals surface area contributed by atoms with Gasteiger partial charge in [0.1, 0.15) is 17.8 Å². The maximum Gasteiger partial charge on any atom is 0.290 e. The van der Waals surface area contributed by atoms with Crippen molar-refractivity contribution in [2.45, 2.75) is 6.54 Å². The normalized spacial score (nSPS) is 10.4. The van der Waals surface area contributed by atoms with Crippen LogP contribution in [0.1, 0.15) is 16.4 Å². The Morgan fingerprint density at radius 2 is 2.15 bits per heavy atom. The first-order valence-corrected chi connectivity index (χ1v) is 5.97. The number of carbonyl (C=O) groups is 1. The molecular formula is C13H11N5O2. The van der Waals surface area contributed by atoms with E-state index in [4.69, 9.17) is 4.52 Å². The highest BCUT2D eigenvalue weighted by Crippen LogP contribution is 2.18. The van der Waals surface area contributed by atoms with Gasteiger partial charge in [0.15, 0.2) is 0 Å². The number of benzene rings is 1. The molecule has 0 aliphatic heterocycles. The van der Waals surface area contributed by atoms with Crippen LogP contribution in [-0.4, -0.2) is 26.2 Å². The summed E-state index contributed by atoms with van der Waals surface area (Å²) in [6.45, 7) is 0.250.